The van der Waals surface area contributed by atoms with Crippen LogP contribution in [0.5, 0.6) is 0 Å². The summed E-state index contributed by atoms with van der Waals surface area (Å²) in [7, 11) is 0. The number of fused-ring (bicyclic) bond motifs is 1. The molecule has 6 nitrogen and oxygen atoms in total. The van der Waals surface area contributed by atoms with E-state index in [1.165, 1.54) is 12.3 Å². The molecule has 27 heavy (non-hydrogen) atoms. The minimum Gasteiger partial charge on any atom is -0.477 e. The number of nitrogens with two attached hydrogens (primary N) is 1. The van der Waals surface area contributed by atoms with Crippen LogP contribution in [0.4, 0.5) is 10.1 Å². The van der Waals surface area contributed by atoms with Gasteiger partial charge in [0.2, 0.25) is 5.43 Å². The highest BCUT2D eigenvalue weighted by atomic mass is 35.5. The lowest BCUT2D eigenvalue weighted by Crippen LogP contribution is -2.36. The molecule has 4 rings (SSSR count). The topological polar surface area (TPSA) is 88.6 Å². The first-order valence-corrected chi connectivity index (χ1v) is 9.08. The smallest absolute Gasteiger partial charge is 0.341 e. The Bertz CT molecular complexity index is 942. The first-order valence-electron chi connectivity index (χ1n) is 9.08. The van der Waals surface area contributed by atoms with Gasteiger partial charge >= 0.3 is 5.97 Å². The maximum Gasteiger partial charge on any atom is 0.341 e. The highest BCUT2D eigenvalue weighted by Crippen LogP contribution is 2.38. The van der Waals surface area contributed by atoms with Crippen molar-refractivity contribution in [1.29, 1.82) is 0 Å². The molecule has 0 bridgehead atoms. The van der Waals surface area contributed by atoms with Crippen molar-refractivity contribution in [2.24, 2.45) is 5.73 Å². The van der Waals surface area contributed by atoms with Gasteiger partial charge in [-0.25, -0.2) is 9.18 Å². The number of aromatic carboxylic acids is 1. The zero-order chi connectivity index (χ0) is 18.4. The van der Waals surface area contributed by atoms with Crippen LogP contribution in [-0.4, -0.2) is 34.8 Å². The highest BCUT2D eigenvalue weighted by Gasteiger charge is 2.28. The molecule has 8 heteroatoms. The van der Waals surface area contributed by atoms with Crippen LogP contribution in [-0.2, 0) is 0 Å². The van der Waals surface area contributed by atoms with Crippen molar-refractivity contribution < 1.29 is 14.3 Å². The Morgan fingerprint density at radius 2 is 1.96 bits per heavy atom. The summed E-state index contributed by atoms with van der Waals surface area (Å²) in [6.45, 7) is 1.29. The van der Waals surface area contributed by atoms with Crippen molar-refractivity contribution in [3.63, 3.8) is 0 Å². The SMILES string of the molecule is Cl.N[C@@H]1CCCCN(c2cc3c(cc2F)c(=O)c(C(=O)O)cn3C2CC2)C1. The Morgan fingerprint density at radius 1 is 1.22 bits per heavy atom. The van der Waals surface area contributed by atoms with E-state index in [0.29, 0.717) is 17.7 Å². The van der Waals surface area contributed by atoms with Crippen molar-refractivity contribution >= 4 is 35.0 Å². The van der Waals surface area contributed by atoms with Gasteiger partial charge in [0.15, 0.2) is 0 Å². The maximum atomic E-state index is 14.8. The Labute approximate surface area is 162 Å². The summed E-state index contributed by atoms with van der Waals surface area (Å²) in [6.07, 6.45) is 6.14. The average molecular weight is 396 g/mol. The first kappa shape index (κ1) is 19.6. The lowest BCUT2D eigenvalue weighted by molar-refractivity contribution is 0.0695. The van der Waals surface area contributed by atoms with Crippen LogP contribution in [0.1, 0.15) is 48.5 Å². The fourth-order valence-corrected chi connectivity index (χ4v) is 3.80. The van der Waals surface area contributed by atoms with Gasteiger partial charge in [-0.05, 0) is 37.8 Å². The molecule has 1 aliphatic carbocycles. The first-order chi connectivity index (χ1) is 12.5. The number of nitrogens with zero attached hydrogens (tertiary/aromatic N) is 2. The van der Waals surface area contributed by atoms with Crippen LogP contribution in [0.3, 0.4) is 0 Å². The summed E-state index contributed by atoms with van der Waals surface area (Å²) >= 11 is 0. The van der Waals surface area contributed by atoms with Crippen LogP contribution in [0.25, 0.3) is 10.9 Å². The molecule has 0 unspecified atom stereocenters. The summed E-state index contributed by atoms with van der Waals surface area (Å²) in [5.74, 6) is -1.79. The number of halogens is 2. The largest absolute Gasteiger partial charge is 0.477 e. The van der Waals surface area contributed by atoms with E-state index in [2.05, 4.69) is 0 Å². The van der Waals surface area contributed by atoms with Crippen molar-refractivity contribution in [1.82, 2.24) is 4.57 Å². The normalized spacial score (nSPS) is 20.2. The minimum atomic E-state index is -1.28. The van der Waals surface area contributed by atoms with Gasteiger partial charge in [-0.2, -0.15) is 0 Å². The third-order valence-electron chi connectivity index (χ3n) is 5.32. The second kappa shape index (κ2) is 7.48. The molecule has 2 fully saturated rings. The van der Waals surface area contributed by atoms with Gasteiger partial charge < -0.3 is 20.3 Å². The Balaban J connectivity index is 0.00000210. The van der Waals surface area contributed by atoms with Crippen LogP contribution in [0, 0.1) is 5.82 Å². The Hall–Kier alpha value is -2.12. The molecule has 1 aromatic heterocycles. The van der Waals surface area contributed by atoms with Gasteiger partial charge in [0.05, 0.1) is 11.2 Å². The number of pyridine rings is 1. The molecule has 1 saturated heterocycles. The van der Waals surface area contributed by atoms with E-state index in [0.717, 1.165) is 38.6 Å². The molecule has 0 spiro atoms. The van der Waals surface area contributed by atoms with Crippen LogP contribution >= 0.6 is 12.4 Å². The predicted octanol–water partition coefficient (Wildman–Crippen LogP) is 2.91. The standard InChI is InChI=1S/C19H22FN3O3.ClH/c20-15-7-13-16(8-17(15)22-6-2-1-3-11(21)9-22)23(12-4-5-12)10-14(18(13)24)19(25)26;/h7-8,10-12H,1-6,9,21H2,(H,25,26);1H/t11-;/m1./s1. The molecule has 2 aromatic rings. The van der Waals surface area contributed by atoms with E-state index in [-0.39, 0.29) is 35.4 Å². The summed E-state index contributed by atoms with van der Waals surface area (Å²) < 4.78 is 16.7. The molecule has 0 radical (unpaired) electrons. The van der Waals surface area contributed by atoms with Gasteiger partial charge in [0.1, 0.15) is 11.4 Å². The summed E-state index contributed by atoms with van der Waals surface area (Å²) in [4.78, 5) is 25.9. The number of aromatic nitrogens is 1. The number of anilines is 1. The van der Waals surface area contributed by atoms with Crippen molar-refractivity contribution in [3.8, 4) is 0 Å². The molecule has 1 saturated carbocycles. The third-order valence-corrected chi connectivity index (χ3v) is 5.32. The van der Waals surface area contributed by atoms with Crippen LogP contribution < -0.4 is 16.1 Å². The van der Waals surface area contributed by atoms with Crippen molar-refractivity contribution in [2.75, 3.05) is 18.0 Å². The molecule has 146 valence electrons. The Kier molecular flexibility index (Phi) is 5.44. The Morgan fingerprint density at radius 3 is 2.63 bits per heavy atom. The van der Waals surface area contributed by atoms with E-state index in [1.807, 2.05) is 9.47 Å². The zero-order valence-electron chi connectivity index (χ0n) is 14.9. The van der Waals surface area contributed by atoms with E-state index >= 15 is 0 Å². The number of rotatable bonds is 3. The maximum absolute atomic E-state index is 14.8. The summed E-state index contributed by atoms with van der Waals surface area (Å²) in [5, 5.41) is 9.43. The van der Waals surface area contributed by atoms with Crippen molar-refractivity contribution in [2.45, 2.75) is 44.2 Å². The lowest BCUT2D eigenvalue weighted by Gasteiger charge is -2.26. The second-order valence-electron chi connectivity index (χ2n) is 7.34. The van der Waals surface area contributed by atoms with Crippen molar-refractivity contribution in [3.05, 3.63) is 39.9 Å². The van der Waals surface area contributed by atoms with Gasteiger partial charge in [0.25, 0.3) is 0 Å². The fraction of sp³-hybridized carbons (Fsp3) is 0.474. The predicted molar refractivity (Wildman–Crippen MR) is 105 cm³/mol. The number of hydrogen-bond donors (Lipinski definition) is 2. The summed E-state index contributed by atoms with van der Waals surface area (Å²) in [6, 6.07) is 3.04. The quantitative estimate of drug-likeness (QED) is 0.834. The van der Waals surface area contributed by atoms with E-state index in [4.69, 9.17) is 5.73 Å². The van der Waals surface area contributed by atoms with Gasteiger partial charge in [-0.1, -0.05) is 6.42 Å². The molecule has 3 N–H and O–H groups in total. The fourth-order valence-electron chi connectivity index (χ4n) is 3.80. The van der Waals surface area contributed by atoms with E-state index in [1.54, 1.807) is 6.07 Å². The van der Waals surface area contributed by atoms with E-state index in [9.17, 15) is 19.1 Å². The zero-order valence-corrected chi connectivity index (χ0v) is 15.7. The van der Waals surface area contributed by atoms with Crippen LogP contribution in [0.15, 0.2) is 23.1 Å². The highest BCUT2D eigenvalue weighted by molar-refractivity contribution is 5.93. The monoisotopic (exact) mass is 395 g/mol. The number of carbonyl (C=O) groups is 1. The number of carboxylic acid groups (broad SMARTS) is 1. The van der Waals surface area contributed by atoms with Gasteiger partial charge in [0, 0.05) is 36.8 Å². The summed E-state index contributed by atoms with van der Waals surface area (Å²) in [5.41, 5.74) is 6.19. The molecular weight excluding hydrogens is 373 g/mol. The molecular formula is C19H23ClFN3O3. The molecule has 2 heterocycles. The molecule has 1 atom stereocenters. The number of carboxylic acids is 1. The minimum absolute atomic E-state index is 0. The average Bonchev–Trinajstić information content (AvgIpc) is 3.43. The molecule has 0 amide bonds. The molecule has 2 aliphatic rings. The second-order valence-corrected chi connectivity index (χ2v) is 7.34. The lowest BCUT2D eigenvalue weighted by atomic mass is 10.1. The van der Waals surface area contributed by atoms with Gasteiger partial charge in [-0.15, -0.1) is 12.4 Å². The molecule has 1 aromatic carbocycles. The number of benzene rings is 1. The van der Waals surface area contributed by atoms with Crippen LogP contribution in [0.2, 0.25) is 0 Å². The molecule has 1 aliphatic heterocycles. The number of hydrogen-bond acceptors (Lipinski definition) is 4. The van der Waals surface area contributed by atoms with Gasteiger partial charge in [-0.3, -0.25) is 4.79 Å². The van der Waals surface area contributed by atoms with E-state index < -0.39 is 17.2 Å². The third kappa shape index (κ3) is 3.66.